The number of carbonyl (C=O) groups is 1. The van der Waals surface area contributed by atoms with Crippen molar-refractivity contribution in [3.8, 4) is 16.9 Å². The Labute approximate surface area is 252 Å². The number of aromatic nitrogens is 1. The molecule has 8 heteroatoms. The third kappa shape index (κ3) is 9.95. The maximum atomic E-state index is 13.5. The summed E-state index contributed by atoms with van der Waals surface area (Å²) in [6.45, 7) is 15.8. The van der Waals surface area contributed by atoms with Crippen LogP contribution in [0, 0.1) is 6.92 Å². The molecule has 0 radical (unpaired) electrons. The van der Waals surface area contributed by atoms with Crippen LogP contribution in [0.2, 0.25) is 0 Å². The van der Waals surface area contributed by atoms with Crippen LogP contribution in [0.3, 0.4) is 0 Å². The molecule has 0 saturated heterocycles. The average Bonchev–Trinajstić information content (AvgIpc) is 2.90. The van der Waals surface area contributed by atoms with Gasteiger partial charge in [-0.15, -0.1) is 0 Å². The zero-order valence-corrected chi connectivity index (χ0v) is 27.1. The van der Waals surface area contributed by atoms with Crippen molar-refractivity contribution in [2.24, 2.45) is 0 Å². The molecular formula is C34H46N2O5S. The van der Waals surface area contributed by atoms with Gasteiger partial charge < -0.3 is 9.47 Å². The summed E-state index contributed by atoms with van der Waals surface area (Å²) in [5.41, 5.74) is 4.36. The maximum absolute atomic E-state index is 13.5. The molecule has 0 saturated carbocycles. The van der Waals surface area contributed by atoms with E-state index in [4.69, 9.17) is 9.47 Å². The number of unbranched alkanes of at least 4 members (excludes halogenated alkanes) is 2. The van der Waals surface area contributed by atoms with E-state index in [9.17, 15) is 13.2 Å². The monoisotopic (exact) mass is 594 g/mol. The molecular weight excluding hydrogens is 548 g/mol. The fraction of sp³-hybridized carbons (Fsp3) is 0.471. The molecule has 0 aliphatic carbocycles. The summed E-state index contributed by atoms with van der Waals surface area (Å²) < 4.78 is 40.9. The van der Waals surface area contributed by atoms with E-state index in [1.807, 2.05) is 6.07 Å². The number of nitrogens with one attached hydrogen (secondary N) is 1. The number of hydrogen-bond acceptors (Lipinski definition) is 6. The standard InChI is InChI=1S/C34H46N2O5S/c1-9-10-11-15-30(25-13-12-14-29(21-25)40-23-32(37)41-34(6,7)8)36-42(38,39)31-17-16-26(22-35-31)27-18-24(2)19-28(20-27)33(3,4)5/h12-14,16-22,30,36H,9-11,15,23H2,1-8H3. The first-order chi connectivity index (χ1) is 19.6. The van der Waals surface area contributed by atoms with Crippen LogP contribution < -0.4 is 9.46 Å². The zero-order chi connectivity index (χ0) is 31.1. The summed E-state index contributed by atoms with van der Waals surface area (Å²) in [4.78, 5) is 16.5. The molecule has 1 atom stereocenters. The van der Waals surface area contributed by atoms with E-state index in [1.165, 1.54) is 5.56 Å². The fourth-order valence-corrected chi connectivity index (χ4v) is 5.75. The van der Waals surface area contributed by atoms with Crippen LogP contribution in [0.25, 0.3) is 11.1 Å². The van der Waals surface area contributed by atoms with Crippen molar-refractivity contribution in [2.75, 3.05) is 6.61 Å². The van der Waals surface area contributed by atoms with Crippen LogP contribution in [0.4, 0.5) is 0 Å². The molecule has 1 aromatic heterocycles. The van der Waals surface area contributed by atoms with Crippen LogP contribution in [-0.2, 0) is 25.0 Å². The van der Waals surface area contributed by atoms with Crippen molar-refractivity contribution in [2.45, 2.75) is 103 Å². The van der Waals surface area contributed by atoms with E-state index in [0.29, 0.717) is 12.2 Å². The molecule has 1 unspecified atom stereocenters. The number of ether oxygens (including phenoxy) is 2. The van der Waals surface area contributed by atoms with Crippen molar-refractivity contribution in [3.05, 3.63) is 77.5 Å². The van der Waals surface area contributed by atoms with E-state index < -0.39 is 27.6 Å². The largest absolute Gasteiger partial charge is 0.482 e. The van der Waals surface area contributed by atoms with Gasteiger partial charge in [-0.25, -0.2) is 22.9 Å². The number of benzene rings is 2. The number of sulfonamides is 1. The van der Waals surface area contributed by atoms with E-state index in [0.717, 1.165) is 41.5 Å². The molecule has 42 heavy (non-hydrogen) atoms. The average molecular weight is 595 g/mol. The summed E-state index contributed by atoms with van der Waals surface area (Å²) in [5, 5.41) is -0.0345. The highest BCUT2D eigenvalue weighted by molar-refractivity contribution is 7.89. The summed E-state index contributed by atoms with van der Waals surface area (Å²) in [6.07, 6.45) is 5.07. The quantitative estimate of drug-likeness (QED) is 0.171. The molecule has 0 spiro atoms. The molecule has 7 nitrogen and oxygen atoms in total. The van der Waals surface area contributed by atoms with E-state index >= 15 is 0 Å². The van der Waals surface area contributed by atoms with Gasteiger partial charge in [-0.2, -0.15) is 0 Å². The Bertz CT molecular complexity index is 1450. The van der Waals surface area contributed by atoms with Gasteiger partial charge >= 0.3 is 5.97 Å². The van der Waals surface area contributed by atoms with Gasteiger partial charge in [0.25, 0.3) is 10.0 Å². The Kier molecular flexibility index (Phi) is 11.0. The van der Waals surface area contributed by atoms with Gasteiger partial charge in [0.2, 0.25) is 0 Å². The first-order valence-corrected chi connectivity index (χ1v) is 16.1. The van der Waals surface area contributed by atoms with Crippen LogP contribution in [-0.4, -0.2) is 31.6 Å². The molecule has 1 N–H and O–H groups in total. The van der Waals surface area contributed by atoms with Gasteiger partial charge in [-0.1, -0.05) is 82.9 Å². The third-order valence-corrected chi connectivity index (χ3v) is 8.11. The maximum Gasteiger partial charge on any atom is 0.344 e. The smallest absolute Gasteiger partial charge is 0.344 e. The Hall–Kier alpha value is -3.23. The number of aryl methyl sites for hydroxylation is 1. The van der Waals surface area contributed by atoms with Crippen molar-refractivity contribution < 1.29 is 22.7 Å². The van der Waals surface area contributed by atoms with E-state index in [1.54, 1.807) is 57.3 Å². The number of hydrogen-bond donors (Lipinski definition) is 1. The second-order valence-electron chi connectivity index (χ2n) is 12.8. The second-order valence-corrected chi connectivity index (χ2v) is 14.5. The zero-order valence-electron chi connectivity index (χ0n) is 26.3. The van der Waals surface area contributed by atoms with Crippen LogP contribution in [0.1, 0.15) is 96.9 Å². The Morgan fingerprint density at radius 3 is 2.31 bits per heavy atom. The van der Waals surface area contributed by atoms with Crippen LogP contribution in [0.15, 0.2) is 65.8 Å². The topological polar surface area (TPSA) is 94.6 Å². The molecule has 2 aromatic carbocycles. The highest BCUT2D eigenvalue weighted by atomic mass is 32.2. The van der Waals surface area contributed by atoms with Crippen LogP contribution in [0.5, 0.6) is 5.75 Å². The van der Waals surface area contributed by atoms with Crippen molar-refractivity contribution in [1.29, 1.82) is 0 Å². The predicted octanol–water partition coefficient (Wildman–Crippen LogP) is 7.67. The van der Waals surface area contributed by atoms with Crippen molar-refractivity contribution >= 4 is 16.0 Å². The highest BCUT2D eigenvalue weighted by Gasteiger charge is 2.24. The first-order valence-electron chi connectivity index (χ1n) is 14.6. The lowest BCUT2D eigenvalue weighted by Gasteiger charge is -2.21. The van der Waals surface area contributed by atoms with Gasteiger partial charge in [-0.05, 0) is 80.5 Å². The molecule has 0 aliphatic rings. The van der Waals surface area contributed by atoms with Gasteiger partial charge in [-0.3, -0.25) is 0 Å². The molecule has 0 fully saturated rings. The second kappa shape index (κ2) is 13.8. The molecule has 0 bridgehead atoms. The minimum Gasteiger partial charge on any atom is -0.482 e. The van der Waals surface area contributed by atoms with Gasteiger partial charge in [0, 0.05) is 17.8 Å². The van der Waals surface area contributed by atoms with Crippen LogP contribution >= 0.6 is 0 Å². The summed E-state index contributed by atoms with van der Waals surface area (Å²) in [5.74, 6) is -0.00350. The van der Waals surface area contributed by atoms with Crippen molar-refractivity contribution in [3.63, 3.8) is 0 Å². The molecule has 3 rings (SSSR count). The Morgan fingerprint density at radius 1 is 0.952 bits per heavy atom. The molecule has 1 heterocycles. The summed E-state index contributed by atoms with van der Waals surface area (Å²) >= 11 is 0. The lowest BCUT2D eigenvalue weighted by molar-refractivity contribution is -0.157. The number of nitrogens with zero attached hydrogens (tertiary/aromatic N) is 1. The van der Waals surface area contributed by atoms with E-state index in [2.05, 4.69) is 62.5 Å². The van der Waals surface area contributed by atoms with Crippen molar-refractivity contribution in [1.82, 2.24) is 9.71 Å². The van der Waals surface area contributed by atoms with Gasteiger partial charge in [0.15, 0.2) is 11.6 Å². The summed E-state index contributed by atoms with van der Waals surface area (Å²) in [7, 11) is -3.92. The number of pyridine rings is 1. The molecule has 228 valence electrons. The number of rotatable bonds is 12. The Morgan fingerprint density at radius 2 is 1.69 bits per heavy atom. The normalized spacial score (nSPS) is 13.0. The molecule has 0 amide bonds. The third-order valence-electron chi connectivity index (χ3n) is 6.72. The van der Waals surface area contributed by atoms with Gasteiger partial charge in [0.05, 0.1) is 0 Å². The first kappa shape index (κ1) is 33.3. The lowest BCUT2D eigenvalue weighted by atomic mass is 9.84. The Balaban J connectivity index is 1.81. The molecule has 0 aliphatic heterocycles. The minimum atomic E-state index is -3.92. The SMILES string of the molecule is CCCCCC(NS(=O)(=O)c1ccc(-c2cc(C)cc(C(C)(C)C)c2)cn1)c1cccc(OCC(=O)OC(C)(C)C)c1. The fourth-order valence-electron chi connectivity index (χ4n) is 4.57. The number of carbonyl (C=O) groups excluding carboxylic acids is 1. The van der Waals surface area contributed by atoms with E-state index in [-0.39, 0.29) is 17.0 Å². The summed E-state index contributed by atoms with van der Waals surface area (Å²) in [6, 6.07) is 16.4. The predicted molar refractivity (Wildman–Crippen MR) is 168 cm³/mol. The number of esters is 1. The molecule has 3 aromatic rings. The van der Waals surface area contributed by atoms with Gasteiger partial charge in [0.1, 0.15) is 11.4 Å². The lowest BCUT2D eigenvalue weighted by Crippen LogP contribution is -2.29. The minimum absolute atomic E-state index is 0.00768. The highest BCUT2D eigenvalue weighted by Crippen LogP contribution is 2.30.